The zero-order valence-electron chi connectivity index (χ0n) is 35.1. The van der Waals surface area contributed by atoms with E-state index in [2.05, 4.69) is 23.1 Å². The van der Waals surface area contributed by atoms with E-state index in [4.69, 9.17) is 23.7 Å². The molecule has 2 fully saturated rings. The number of hydrogen-bond donors (Lipinski definition) is 5. The number of phenols is 1. The maximum atomic E-state index is 15.3. The smallest absolute Gasteiger partial charge is 0.254 e. The summed E-state index contributed by atoms with van der Waals surface area (Å²) in [4.78, 5) is 34.2. The number of methoxy groups -OCH3 is 1. The van der Waals surface area contributed by atoms with Gasteiger partial charge in [-0.25, -0.2) is 0 Å². The number of fused-ring (bicyclic) bond motifs is 8. The second kappa shape index (κ2) is 14.7. The monoisotopic (exact) mass is 862 g/mol. The second-order valence-electron chi connectivity index (χ2n) is 18.1. The molecule has 12 rings (SSSR count). The maximum absolute atomic E-state index is 15.3. The molecule has 3 aliphatic carbocycles. The first kappa shape index (κ1) is 39.5. The van der Waals surface area contributed by atoms with Crippen LogP contribution in [0.2, 0.25) is 0 Å². The van der Waals surface area contributed by atoms with E-state index in [9.17, 15) is 25.2 Å². The summed E-state index contributed by atoms with van der Waals surface area (Å²) in [6.45, 7) is -1.31. The van der Waals surface area contributed by atoms with Crippen molar-refractivity contribution in [2.45, 2.75) is 87.3 Å². The molecule has 1 saturated carbocycles. The van der Waals surface area contributed by atoms with Gasteiger partial charge in [0.1, 0.15) is 41.7 Å². The highest BCUT2D eigenvalue weighted by molar-refractivity contribution is 6.17. The number of ether oxygens (including phenoxy) is 5. The molecule has 4 aliphatic heterocycles. The van der Waals surface area contributed by atoms with Crippen molar-refractivity contribution in [2.24, 2.45) is 5.92 Å². The van der Waals surface area contributed by atoms with E-state index in [0.717, 1.165) is 69.1 Å². The van der Waals surface area contributed by atoms with Crippen LogP contribution in [-0.2, 0) is 33.6 Å². The summed E-state index contributed by atoms with van der Waals surface area (Å²) in [6, 6.07) is 13.2. The molecule has 326 valence electrons. The first-order chi connectivity index (χ1) is 31.2. The van der Waals surface area contributed by atoms with Crippen LogP contribution in [0.4, 0.5) is 0 Å². The molecule has 0 radical (unpaired) electrons. The molecule has 8 unspecified atom stereocenters. The number of Topliss-reactive ketones (excluding diaryl/α,β-unsaturated/α-hetero) is 1. The molecular formula is C51H46N2O11. The third-order valence-corrected chi connectivity index (χ3v) is 14.8. The number of aryl methyl sites for hydroxylation is 1. The zero-order valence-corrected chi connectivity index (χ0v) is 35.1. The number of rotatable bonds is 3. The molecule has 7 aliphatic rings. The number of carbonyl (C=O) groups is 2. The van der Waals surface area contributed by atoms with Gasteiger partial charge in [-0.1, -0.05) is 54.8 Å². The van der Waals surface area contributed by atoms with Crippen LogP contribution in [0, 0.1) is 17.9 Å². The molecule has 1 amide bonds. The summed E-state index contributed by atoms with van der Waals surface area (Å²) >= 11 is 0. The molecule has 8 atom stereocenters. The number of aromatic nitrogens is 1. The summed E-state index contributed by atoms with van der Waals surface area (Å²) < 4.78 is 32.5. The van der Waals surface area contributed by atoms with Gasteiger partial charge in [0.15, 0.2) is 17.5 Å². The van der Waals surface area contributed by atoms with Crippen LogP contribution in [0.15, 0.2) is 60.8 Å². The van der Waals surface area contributed by atoms with Gasteiger partial charge < -0.3 is 54.0 Å². The minimum atomic E-state index is -2.44. The zero-order chi connectivity index (χ0) is 43.6. The first-order valence-corrected chi connectivity index (χ1v) is 22.1. The Hall–Kier alpha value is -6.14. The molecule has 1 saturated heterocycles. The molecule has 5 N–H and O–H groups in total. The largest absolute Gasteiger partial charge is 0.506 e. The molecule has 5 heterocycles. The van der Waals surface area contributed by atoms with Crippen molar-refractivity contribution in [1.82, 2.24) is 9.88 Å². The van der Waals surface area contributed by atoms with Gasteiger partial charge >= 0.3 is 0 Å². The van der Waals surface area contributed by atoms with Crippen molar-refractivity contribution in [3.05, 3.63) is 111 Å². The normalized spacial score (nSPS) is 28.9. The van der Waals surface area contributed by atoms with Crippen LogP contribution in [0.25, 0.3) is 33.3 Å². The van der Waals surface area contributed by atoms with E-state index in [0.29, 0.717) is 35.1 Å². The summed E-state index contributed by atoms with van der Waals surface area (Å²) in [5.41, 5.74) is 5.21. The topological polar surface area (TPSA) is 180 Å². The summed E-state index contributed by atoms with van der Waals surface area (Å²) in [5, 5.41) is 50.7. The lowest BCUT2D eigenvalue weighted by molar-refractivity contribution is -0.328. The molecule has 64 heavy (non-hydrogen) atoms. The molecule has 13 nitrogen and oxygen atoms in total. The molecule has 5 aromatic rings. The number of hydrogen-bond acceptors (Lipinski definition) is 11. The Morgan fingerprint density at radius 3 is 2.77 bits per heavy atom. The quantitative estimate of drug-likeness (QED) is 0.135. The van der Waals surface area contributed by atoms with E-state index >= 15 is 4.79 Å². The van der Waals surface area contributed by atoms with Gasteiger partial charge in [0, 0.05) is 52.1 Å². The molecule has 4 aromatic carbocycles. The SMILES string of the molecule is COc1c2c3c4c(O)c(c5c6c4c1CCC6=CC1CCCC51)C(=O)CN1Cc4c(cccc4C1=O)CC#COC1C(O)C(COC(c4c[nH]c5ccccc45)C=C2)OC(O3)C1(O)CO. The van der Waals surface area contributed by atoms with Crippen LogP contribution in [0.3, 0.4) is 0 Å². The van der Waals surface area contributed by atoms with Gasteiger partial charge in [0.05, 0.1) is 43.4 Å². The lowest BCUT2D eigenvalue weighted by Crippen LogP contribution is -2.70. The number of H-pyrrole nitrogens is 1. The maximum Gasteiger partial charge on any atom is 0.254 e. The number of carbonyl (C=O) groups excluding carboxylic acids is 2. The predicted octanol–water partition coefficient (Wildman–Crippen LogP) is 5.98. The number of nitrogens with one attached hydrogen (secondary N) is 1. The lowest BCUT2D eigenvalue weighted by Gasteiger charge is -2.47. The summed E-state index contributed by atoms with van der Waals surface area (Å²) in [7, 11) is 1.57. The number of aromatic amines is 1. The summed E-state index contributed by atoms with van der Waals surface area (Å²) in [6.07, 6.45) is 7.72. The molecular weight excluding hydrogens is 817 g/mol. The van der Waals surface area contributed by atoms with Crippen molar-refractivity contribution >= 4 is 45.0 Å². The van der Waals surface area contributed by atoms with Crippen LogP contribution < -0.4 is 9.47 Å². The molecule has 0 spiro atoms. The van der Waals surface area contributed by atoms with E-state index < -0.39 is 48.7 Å². The number of aliphatic hydroxyl groups excluding tert-OH is 2. The highest BCUT2D eigenvalue weighted by Crippen LogP contribution is 2.60. The van der Waals surface area contributed by atoms with Gasteiger partial charge in [-0.3, -0.25) is 9.59 Å². The number of benzene rings is 4. The van der Waals surface area contributed by atoms with Gasteiger partial charge in [-0.05, 0) is 83.6 Å². The fourth-order valence-electron chi connectivity index (χ4n) is 11.8. The number of ketones is 1. The van der Waals surface area contributed by atoms with Crippen molar-refractivity contribution in [3.63, 3.8) is 0 Å². The highest BCUT2D eigenvalue weighted by Gasteiger charge is 2.59. The predicted molar refractivity (Wildman–Crippen MR) is 234 cm³/mol. The Bertz CT molecular complexity index is 2970. The standard InChI is InChI=1S/C51H46N2O11/c1-60-46-31-15-14-27-19-26-8-5-11-28(26)40-39(27)41(31)43-45(57)42(40)36(55)22-53-21-34-25(7-4-12-30(34)49(53)58)9-6-18-61-48-44(56)38-23-62-37(33-20-52-35-13-3-2-10-29(33)35)17-16-32(46)47(43)64-50(63-38)51(48,59)24-54/h2-4,7,10,12-13,16-17,19-20,26,28,37-38,44,48,50,52,54,56-57,59H,5,8-9,11,14-15,21-24H2,1H3. The molecule has 8 bridgehead atoms. The van der Waals surface area contributed by atoms with Gasteiger partial charge in [-0.15, -0.1) is 0 Å². The van der Waals surface area contributed by atoms with Crippen molar-refractivity contribution in [2.75, 3.05) is 26.9 Å². The van der Waals surface area contributed by atoms with E-state index in [1.54, 1.807) is 25.3 Å². The Kier molecular flexibility index (Phi) is 9.06. The van der Waals surface area contributed by atoms with E-state index in [1.807, 2.05) is 42.6 Å². The average Bonchev–Trinajstić information content (AvgIpc) is 4.03. The average molecular weight is 863 g/mol. The lowest BCUT2D eigenvalue weighted by atomic mass is 9.69. The number of phenolic OH excluding ortho intramolecular Hbond substituents is 1. The number of aromatic hydroxyl groups is 1. The minimum absolute atomic E-state index is 0.0165. The number of amides is 1. The number of nitrogens with zero attached hydrogens (tertiary/aromatic N) is 1. The van der Waals surface area contributed by atoms with Crippen LogP contribution in [0.1, 0.15) is 97.4 Å². The van der Waals surface area contributed by atoms with Gasteiger partial charge in [-0.2, -0.15) is 0 Å². The minimum Gasteiger partial charge on any atom is -0.506 e. The van der Waals surface area contributed by atoms with Crippen LogP contribution in [-0.4, -0.2) is 99.1 Å². The molecule has 1 aromatic heterocycles. The Labute approximate surface area is 367 Å². The highest BCUT2D eigenvalue weighted by atomic mass is 16.7. The third kappa shape index (κ3) is 5.63. The van der Waals surface area contributed by atoms with Crippen molar-refractivity contribution in [1.29, 1.82) is 0 Å². The van der Waals surface area contributed by atoms with Crippen molar-refractivity contribution in [3.8, 4) is 29.3 Å². The van der Waals surface area contributed by atoms with Crippen molar-refractivity contribution < 1.29 is 53.7 Å². The summed E-state index contributed by atoms with van der Waals surface area (Å²) in [5.74, 6) is 2.57. The fraction of sp³-hybridized carbons (Fsp3) is 0.373. The number of allylic oxidation sites excluding steroid dienone is 2. The van der Waals surface area contributed by atoms with Crippen LogP contribution >= 0.6 is 0 Å². The Morgan fingerprint density at radius 2 is 1.91 bits per heavy atom. The second-order valence-corrected chi connectivity index (χ2v) is 18.1. The Morgan fingerprint density at radius 1 is 1.03 bits per heavy atom. The first-order valence-electron chi connectivity index (χ1n) is 22.1. The van der Waals surface area contributed by atoms with Crippen LogP contribution in [0.5, 0.6) is 17.2 Å². The van der Waals surface area contributed by atoms with E-state index in [1.165, 1.54) is 4.90 Å². The number of para-hydroxylation sites is 1. The van der Waals surface area contributed by atoms with E-state index in [-0.39, 0.29) is 66.3 Å². The van der Waals surface area contributed by atoms with Gasteiger partial charge in [0.25, 0.3) is 5.91 Å². The van der Waals surface area contributed by atoms with Gasteiger partial charge in [0.2, 0.25) is 6.29 Å². The third-order valence-electron chi connectivity index (χ3n) is 14.8. The molecule has 13 heteroatoms. The number of aliphatic hydroxyl groups is 3. The fourth-order valence-corrected chi connectivity index (χ4v) is 11.8. The Balaban J connectivity index is 1.17.